The second kappa shape index (κ2) is 7.00. The van der Waals surface area contributed by atoms with Gasteiger partial charge in [-0.15, -0.1) is 0 Å². The van der Waals surface area contributed by atoms with E-state index in [9.17, 15) is 4.79 Å². The lowest BCUT2D eigenvalue weighted by Gasteiger charge is -2.13. The molecule has 1 aliphatic rings. The van der Waals surface area contributed by atoms with Crippen LogP contribution in [-0.4, -0.2) is 27.7 Å². The summed E-state index contributed by atoms with van der Waals surface area (Å²) in [6, 6.07) is 15.7. The van der Waals surface area contributed by atoms with Crippen molar-refractivity contribution < 1.29 is 4.79 Å². The summed E-state index contributed by atoms with van der Waals surface area (Å²) in [5.74, 6) is 0.581. The highest BCUT2D eigenvalue weighted by Gasteiger charge is 2.26. The van der Waals surface area contributed by atoms with E-state index in [2.05, 4.69) is 10.3 Å². The van der Waals surface area contributed by atoms with Crippen LogP contribution in [0.15, 0.2) is 53.5 Å². The van der Waals surface area contributed by atoms with Crippen LogP contribution in [0, 0.1) is 6.92 Å². The molecule has 0 atom stereocenters. The van der Waals surface area contributed by atoms with E-state index in [0.717, 1.165) is 34.0 Å². The van der Waals surface area contributed by atoms with Crippen LogP contribution in [-0.2, 0) is 6.54 Å². The molecule has 0 fully saturated rings. The van der Waals surface area contributed by atoms with Gasteiger partial charge < -0.3 is 5.32 Å². The normalized spacial score (nSPS) is 12.6. The van der Waals surface area contributed by atoms with E-state index in [4.69, 9.17) is 16.6 Å². The Bertz CT molecular complexity index is 1070. The van der Waals surface area contributed by atoms with Gasteiger partial charge in [0.25, 0.3) is 5.91 Å². The Kier molecular flexibility index (Phi) is 4.54. The maximum atomic E-state index is 12.5. The van der Waals surface area contributed by atoms with Crippen molar-refractivity contribution in [3.8, 4) is 5.69 Å². The fourth-order valence-corrected chi connectivity index (χ4v) is 3.69. The molecule has 0 saturated carbocycles. The number of amides is 1. The first kappa shape index (κ1) is 17.5. The van der Waals surface area contributed by atoms with Gasteiger partial charge in [0, 0.05) is 22.7 Å². The van der Waals surface area contributed by atoms with Gasteiger partial charge in [-0.05, 0) is 26.0 Å². The molecule has 6 heteroatoms. The minimum Gasteiger partial charge on any atom is -0.351 e. The van der Waals surface area contributed by atoms with Crippen LogP contribution in [0.4, 0.5) is 0 Å². The Labute approximate surface area is 162 Å². The predicted molar refractivity (Wildman–Crippen MR) is 107 cm³/mol. The van der Waals surface area contributed by atoms with Crippen LogP contribution in [0.2, 0.25) is 5.02 Å². The zero-order valence-corrected chi connectivity index (χ0v) is 15.9. The third-order valence-corrected chi connectivity index (χ3v) is 4.94. The predicted octanol–water partition coefficient (Wildman–Crippen LogP) is 3.93. The van der Waals surface area contributed by atoms with Gasteiger partial charge in [-0.2, -0.15) is 0 Å². The van der Waals surface area contributed by atoms with E-state index in [1.807, 2.05) is 66.9 Å². The van der Waals surface area contributed by atoms with Crippen molar-refractivity contribution in [3.05, 3.63) is 81.9 Å². The fraction of sp³-hybridized carbons (Fsp3) is 0.190. The highest BCUT2D eigenvalue weighted by Crippen LogP contribution is 2.30. The summed E-state index contributed by atoms with van der Waals surface area (Å²) in [5.41, 5.74) is 4.82. The van der Waals surface area contributed by atoms with E-state index in [0.29, 0.717) is 23.8 Å². The van der Waals surface area contributed by atoms with Crippen molar-refractivity contribution in [2.75, 3.05) is 6.54 Å². The molecule has 0 aliphatic carbocycles. The lowest BCUT2D eigenvalue weighted by Crippen LogP contribution is -2.24. The van der Waals surface area contributed by atoms with E-state index in [1.54, 1.807) is 0 Å². The third-order valence-electron chi connectivity index (χ3n) is 4.61. The van der Waals surface area contributed by atoms with Gasteiger partial charge in [0.05, 0.1) is 23.6 Å². The van der Waals surface area contributed by atoms with Crippen molar-refractivity contribution in [3.63, 3.8) is 0 Å². The first-order chi connectivity index (χ1) is 13.1. The minimum atomic E-state index is -0.178. The number of nitrogens with one attached hydrogen (secondary N) is 1. The summed E-state index contributed by atoms with van der Waals surface area (Å²) < 4.78 is 2.02. The molecule has 27 heavy (non-hydrogen) atoms. The number of fused-ring (bicyclic) bond motifs is 3. The zero-order chi connectivity index (χ0) is 19.0. The Morgan fingerprint density at radius 1 is 1.15 bits per heavy atom. The van der Waals surface area contributed by atoms with Crippen molar-refractivity contribution in [1.82, 2.24) is 14.9 Å². The largest absolute Gasteiger partial charge is 0.351 e. The number of carbonyl (C=O) groups excluding carboxylic acids is 1. The molecular formula is C21H19ClN4O. The number of para-hydroxylation sites is 1. The monoisotopic (exact) mass is 378 g/mol. The van der Waals surface area contributed by atoms with Gasteiger partial charge in [-0.1, -0.05) is 48.0 Å². The van der Waals surface area contributed by atoms with Gasteiger partial charge in [-0.3, -0.25) is 14.4 Å². The van der Waals surface area contributed by atoms with Crippen LogP contribution in [0.1, 0.15) is 40.1 Å². The standard InChI is InChI=1S/C21H19ClN4O/c1-3-23-21(27)20-18-12-24-19(14-8-4-6-10-16(14)22)15-9-5-7-11-17(15)26(18)13(2)25-20/h4-11H,3,12H2,1-2H3,(H,23,27). The number of rotatable bonds is 3. The molecule has 0 unspecified atom stereocenters. The summed E-state index contributed by atoms with van der Waals surface area (Å²) in [7, 11) is 0. The molecule has 0 bridgehead atoms. The quantitative estimate of drug-likeness (QED) is 0.750. The fourth-order valence-electron chi connectivity index (χ4n) is 3.46. The van der Waals surface area contributed by atoms with E-state index in [1.165, 1.54) is 0 Å². The second-order valence-corrected chi connectivity index (χ2v) is 6.72. The van der Waals surface area contributed by atoms with E-state index >= 15 is 0 Å². The molecule has 2 heterocycles. The lowest BCUT2D eigenvalue weighted by atomic mass is 10.0. The first-order valence-electron chi connectivity index (χ1n) is 8.87. The number of hydrogen-bond acceptors (Lipinski definition) is 3. The SMILES string of the molecule is CCNC(=O)c1nc(C)n2c1CN=C(c1ccccc1Cl)c1ccccc1-2. The lowest BCUT2D eigenvalue weighted by molar-refractivity contribution is 0.0950. The highest BCUT2D eigenvalue weighted by atomic mass is 35.5. The van der Waals surface area contributed by atoms with Crippen LogP contribution < -0.4 is 5.32 Å². The Hall–Kier alpha value is -2.92. The average Bonchev–Trinajstić information content (AvgIpc) is 2.90. The number of aromatic nitrogens is 2. The minimum absolute atomic E-state index is 0.178. The number of aliphatic imine (C=N–C) groups is 1. The number of nitrogens with zero attached hydrogens (tertiary/aromatic N) is 3. The summed E-state index contributed by atoms with van der Waals surface area (Å²) in [6.07, 6.45) is 0. The molecule has 1 N–H and O–H groups in total. The summed E-state index contributed by atoms with van der Waals surface area (Å²) in [6.45, 7) is 4.70. The summed E-state index contributed by atoms with van der Waals surface area (Å²) in [4.78, 5) is 21.9. The topological polar surface area (TPSA) is 59.3 Å². The van der Waals surface area contributed by atoms with Crippen LogP contribution in [0.3, 0.4) is 0 Å². The molecule has 0 radical (unpaired) electrons. The molecule has 5 nitrogen and oxygen atoms in total. The molecule has 2 aromatic carbocycles. The van der Waals surface area contributed by atoms with Gasteiger partial charge in [-0.25, -0.2) is 4.98 Å². The molecule has 0 saturated heterocycles. The number of halogens is 1. The molecule has 136 valence electrons. The summed E-state index contributed by atoms with van der Waals surface area (Å²) >= 11 is 6.45. The van der Waals surface area contributed by atoms with E-state index in [-0.39, 0.29) is 5.91 Å². The maximum Gasteiger partial charge on any atom is 0.271 e. The molecule has 3 aromatic rings. The number of aryl methyl sites for hydroxylation is 1. The van der Waals surface area contributed by atoms with Crippen molar-refractivity contribution >= 4 is 23.2 Å². The van der Waals surface area contributed by atoms with Crippen molar-refractivity contribution in [2.45, 2.75) is 20.4 Å². The first-order valence-corrected chi connectivity index (χ1v) is 9.25. The second-order valence-electron chi connectivity index (χ2n) is 6.31. The van der Waals surface area contributed by atoms with Gasteiger partial charge in [0.1, 0.15) is 5.82 Å². The van der Waals surface area contributed by atoms with Crippen LogP contribution >= 0.6 is 11.6 Å². The highest BCUT2D eigenvalue weighted by molar-refractivity contribution is 6.35. The summed E-state index contributed by atoms with van der Waals surface area (Å²) in [5, 5.41) is 3.49. The number of hydrogen-bond donors (Lipinski definition) is 1. The maximum absolute atomic E-state index is 12.5. The van der Waals surface area contributed by atoms with Crippen LogP contribution in [0.25, 0.3) is 5.69 Å². The molecular weight excluding hydrogens is 360 g/mol. The molecule has 1 aliphatic heterocycles. The molecule has 4 rings (SSSR count). The van der Waals surface area contributed by atoms with Gasteiger partial charge >= 0.3 is 0 Å². The van der Waals surface area contributed by atoms with Crippen molar-refractivity contribution in [1.29, 1.82) is 0 Å². The number of carbonyl (C=O) groups is 1. The molecule has 1 aromatic heterocycles. The number of imidazole rings is 1. The third kappa shape index (κ3) is 2.94. The Balaban J connectivity index is 1.96. The van der Waals surface area contributed by atoms with Gasteiger partial charge in [0.2, 0.25) is 0 Å². The smallest absolute Gasteiger partial charge is 0.271 e. The van der Waals surface area contributed by atoms with Crippen LogP contribution in [0.5, 0.6) is 0 Å². The molecule has 0 spiro atoms. The molecule has 1 amide bonds. The Morgan fingerprint density at radius 3 is 2.59 bits per heavy atom. The average molecular weight is 379 g/mol. The Morgan fingerprint density at radius 2 is 1.85 bits per heavy atom. The zero-order valence-electron chi connectivity index (χ0n) is 15.2. The number of benzene rings is 2. The van der Waals surface area contributed by atoms with Gasteiger partial charge in [0.15, 0.2) is 5.69 Å². The van der Waals surface area contributed by atoms with Crippen molar-refractivity contribution in [2.24, 2.45) is 4.99 Å². The van der Waals surface area contributed by atoms with E-state index < -0.39 is 0 Å².